The molecule has 0 aliphatic carbocycles. The summed E-state index contributed by atoms with van der Waals surface area (Å²) in [6, 6.07) is 10.8. The number of hydrogen-bond acceptors (Lipinski definition) is 4. The van der Waals surface area contributed by atoms with Gasteiger partial charge in [-0.2, -0.15) is 0 Å². The topological polar surface area (TPSA) is 46.1 Å². The van der Waals surface area contributed by atoms with E-state index in [-0.39, 0.29) is 11.9 Å². The third kappa shape index (κ3) is 2.85. The van der Waals surface area contributed by atoms with Crippen molar-refractivity contribution in [3.05, 3.63) is 59.7 Å². The van der Waals surface area contributed by atoms with Crippen LogP contribution in [-0.4, -0.2) is 32.6 Å². The maximum Gasteiger partial charge on any atom is 0.233 e. The molecule has 2 bridgehead atoms. The standard InChI is InChI=1S/C18H19N3OS/c22-18(11-23-10-13-4-2-1-3-5-13)21-14-6-7-17(21)15-9-19-12-20-16(15)8-14/h1-5,9,12,14,17H,6-8,10-11H2. The van der Waals surface area contributed by atoms with E-state index in [0.29, 0.717) is 11.8 Å². The maximum atomic E-state index is 12.7. The van der Waals surface area contributed by atoms with E-state index in [1.54, 1.807) is 18.1 Å². The number of rotatable bonds is 4. The first-order chi connectivity index (χ1) is 11.3. The Morgan fingerprint density at radius 1 is 1.26 bits per heavy atom. The van der Waals surface area contributed by atoms with Crippen LogP contribution in [0.2, 0.25) is 0 Å². The van der Waals surface area contributed by atoms with Crippen LogP contribution in [-0.2, 0) is 17.0 Å². The summed E-state index contributed by atoms with van der Waals surface area (Å²) in [5.41, 5.74) is 3.56. The molecule has 23 heavy (non-hydrogen) atoms. The summed E-state index contributed by atoms with van der Waals surface area (Å²) < 4.78 is 0. The number of thioether (sulfide) groups is 1. The smallest absolute Gasteiger partial charge is 0.233 e. The van der Waals surface area contributed by atoms with E-state index in [1.807, 2.05) is 24.4 Å². The molecule has 0 radical (unpaired) electrons. The molecule has 1 aromatic carbocycles. The zero-order valence-electron chi connectivity index (χ0n) is 12.9. The first kappa shape index (κ1) is 14.7. The van der Waals surface area contributed by atoms with Gasteiger partial charge in [-0.3, -0.25) is 4.79 Å². The van der Waals surface area contributed by atoms with Crippen molar-refractivity contribution >= 4 is 17.7 Å². The number of hydrogen-bond donors (Lipinski definition) is 0. The molecule has 4 nitrogen and oxygen atoms in total. The molecular weight excluding hydrogens is 306 g/mol. The van der Waals surface area contributed by atoms with Gasteiger partial charge in [0.2, 0.25) is 5.91 Å². The van der Waals surface area contributed by atoms with Crippen molar-refractivity contribution in [3.63, 3.8) is 0 Å². The quantitative estimate of drug-likeness (QED) is 0.867. The van der Waals surface area contributed by atoms with E-state index in [0.717, 1.165) is 36.3 Å². The number of aromatic nitrogens is 2. The van der Waals surface area contributed by atoms with Gasteiger partial charge in [0.1, 0.15) is 6.33 Å². The SMILES string of the molecule is O=C(CSCc1ccccc1)N1C2CCC1c1cncnc1C2. The second kappa shape index (κ2) is 6.32. The average molecular weight is 325 g/mol. The van der Waals surface area contributed by atoms with Crippen LogP contribution in [0.5, 0.6) is 0 Å². The zero-order valence-corrected chi connectivity index (χ0v) is 13.7. The summed E-state index contributed by atoms with van der Waals surface area (Å²) in [4.78, 5) is 23.4. The highest BCUT2D eigenvalue weighted by atomic mass is 32.2. The molecule has 2 aliphatic rings. The fraction of sp³-hybridized carbons (Fsp3) is 0.389. The Morgan fingerprint density at radius 2 is 2.13 bits per heavy atom. The number of fused-ring (bicyclic) bond motifs is 4. The zero-order chi connectivity index (χ0) is 15.6. The van der Waals surface area contributed by atoms with E-state index in [4.69, 9.17) is 0 Å². The Bertz CT molecular complexity index is 706. The first-order valence-corrected chi connectivity index (χ1v) is 9.20. The van der Waals surface area contributed by atoms with Crippen LogP contribution in [0.1, 0.15) is 35.7 Å². The van der Waals surface area contributed by atoms with E-state index >= 15 is 0 Å². The number of amides is 1. The molecule has 2 atom stereocenters. The van der Waals surface area contributed by atoms with Crippen LogP contribution in [0.3, 0.4) is 0 Å². The fourth-order valence-corrected chi connectivity index (χ4v) is 4.56. The van der Waals surface area contributed by atoms with Gasteiger partial charge in [0.15, 0.2) is 0 Å². The predicted octanol–water partition coefficient (Wildman–Crippen LogP) is 3.00. The summed E-state index contributed by atoms with van der Waals surface area (Å²) in [6.45, 7) is 0. The van der Waals surface area contributed by atoms with Crippen LogP contribution in [0.4, 0.5) is 0 Å². The Hall–Kier alpha value is -1.88. The minimum Gasteiger partial charge on any atom is -0.331 e. The Labute approximate surface area is 140 Å². The van der Waals surface area contributed by atoms with E-state index < -0.39 is 0 Å². The Morgan fingerprint density at radius 3 is 3.00 bits per heavy atom. The second-order valence-corrected chi connectivity index (χ2v) is 7.14. The molecule has 3 heterocycles. The maximum absolute atomic E-state index is 12.7. The van der Waals surface area contributed by atoms with Crippen LogP contribution < -0.4 is 0 Å². The van der Waals surface area contributed by atoms with Gasteiger partial charge in [-0.15, -0.1) is 11.8 Å². The molecule has 118 valence electrons. The lowest BCUT2D eigenvalue weighted by Gasteiger charge is -2.35. The van der Waals surface area contributed by atoms with E-state index in [2.05, 4.69) is 27.0 Å². The van der Waals surface area contributed by atoms with Gasteiger partial charge in [0.05, 0.1) is 17.5 Å². The minimum absolute atomic E-state index is 0.190. The molecular formula is C18H19N3OS. The van der Waals surface area contributed by atoms with Gasteiger partial charge in [-0.05, 0) is 18.4 Å². The lowest BCUT2D eigenvalue weighted by molar-refractivity contribution is -0.131. The predicted molar refractivity (Wildman–Crippen MR) is 90.9 cm³/mol. The lowest BCUT2D eigenvalue weighted by atomic mass is 9.99. The normalized spacial score (nSPS) is 22.0. The van der Waals surface area contributed by atoms with E-state index in [9.17, 15) is 4.79 Å². The van der Waals surface area contributed by atoms with Crippen molar-refractivity contribution in [1.82, 2.24) is 14.9 Å². The van der Waals surface area contributed by atoms with Crippen molar-refractivity contribution in [3.8, 4) is 0 Å². The van der Waals surface area contributed by atoms with Crippen molar-refractivity contribution < 1.29 is 4.79 Å². The van der Waals surface area contributed by atoms with Crippen molar-refractivity contribution in [2.24, 2.45) is 0 Å². The van der Waals surface area contributed by atoms with Gasteiger partial charge in [0.25, 0.3) is 0 Å². The number of carbonyl (C=O) groups excluding carboxylic acids is 1. The number of nitrogens with zero attached hydrogens (tertiary/aromatic N) is 3. The molecule has 5 heteroatoms. The largest absolute Gasteiger partial charge is 0.331 e. The third-order valence-corrected chi connectivity index (χ3v) is 5.73. The van der Waals surface area contributed by atoms with Gasteiger partial charge in [-0.25, -0.2) is 9.97 Å². The van der Waals surface area contributed by atoms with Crippen LogP contribution in [0.25, 0.3) is 0 Å². The summed E-state index contributed by atoms with van der Waals surface area (Å²) >= 11 is 1.70. The summed E-state index contributed by atoms with van der Waals surface area (Å²) in [5.74, 6) is 1.69. The monoisotopic (exact) mass is 325 g/mol. The molecule has 1 amide bonds. The molecule has 1 aromatic heterocycles. The second-order valence-electron chi connectivity index (χ2n) is 6.16. The van der Waals surface area contributed by atoms with Crippen molar-refractivity contribution in [2.75, 3.05) is 5.75 Å². The van der Waals surface area contributed by atoms with Crippen molar-refractivity contribution in [1.29, 1.82) is 0 Å². The first-order valence-electron chi connectivity index (χ1n) is 8.04. The van der Waals surface area contributed by atoms with Gasteiger partial charge in [0, 0.05) is 30.0 Å². The molecule has 4 rings (SSSR count). The average Bonchev–Trinajstić information content (AvgIpc) is 2.91. The summed E-state index contributed by atoms with van der Waals surface area (Å²) in [6.07, 6.45) is 6.51. The summed E-state index contributed by atoms with van der Waals surface area (Å²) in [5, 5.41) is 0. The van der Waals surface area contributed by atoms with E-state index in [1.165, 1.54) is 5.56 Å². The number of carbonyl (C=O) groups is 1. The Balaban J connectivity index is 1.42. The highest BCUT2D eigenvalue weighted by Gasteiger charge is 2.42. The van der Waals surface area contributed by atoms with Gasteiger partial charge in [-0.1, -0.05) is 30.3 Å². The third-order valence-electron chi connectivity index (χ3n) is 4.74. The molecule has 2 aromatic rings. The molecule has 2 unspecified atom stereocenters. The van der Waals surface area contributed by atoms with Crippen LogP contribution in [0.15, 0.2) is 42.9 Å². The van der Waals surface area contributed by atoms with Gasteiger partial charge < -0.3 is 4.90 Å². The molecule has 0 N–H and O–H groups in total. The number of benzene rings is 1. The van der Waals surface area contributed by atoms with Crippen LogP contribution in [0, 0.1) is 0 Å². The summed E-state index contributed by atoms with van der Waals surface area (Å²) in [7, 11) is 0. The minimum atomic E-state index is 0.190. The Kier molecular flexibility index (Phi) is 4.04. The van der Waals surface area contributed by atoms with Gasteiger partial charge >= 0.3 is 0 Å². The lowest BCUT2D eigenvalue weighted by Crippen LogP contribution is -2.43. The highest BCUT2D eigenvalue weighted by molar-refractivity contribution is 7.99. The molecule has 2 aliphatic heterocycles. The molecule has 1 saturated heterocycles. The molecule has 1 fully saturated rings. The molecule has 0 spiro atoms. The van der Waals surface area contributed by atoms with Crippen molar-refractivity contribution in [2.45, 2.75) is 37.1 Å². The fourth-order valence-electron chi connectivity index (χ4n) is 3.71. The molecule has 0 saturated carbocycles. The van der Waals surface area contributed by atoms with Crippen LogP contribution >= 0.6 is 11.8 Å². The highest BCUT2D eigenvalue weighted by Crippen LogP contribution is 2.42.